The normalized spacial score (nSPS) is 16.2. The lowest BCUT2D eigenvalue weighted by Crippen LogP contribution is -2.35. The van der Waals surface area contributed by atoms with Crippen molar-refractivity contribution in [3.8, 4) is 89.5 Å². The molecule has 4 nitrogen and oxygen atoms in total. The first-order valence-corrected chi connectivity index (χ1v) is 64.7. The minimum atomic E-state index is -0.976. The van der Waals surface area contributed by atoms with Crippen molar-refractivity contribution in [2.24, 2.45) is 28.2 Å². The second kappa shape index (κ2) is 41.2. The molecule has 4 aliphatic rings. The quantitative estimate of drug-likeness (QED) is 0.0808. The van der Waals surface area contributed by atoms with E-state index in [-0.39, 0.29) is 13.2 Å². The van der Waals surface area contributed by atoms with Gasteiger partial charge in [0.05, 0.1) is 43.8 Å². The largest absolute Gasteiger partial charge is 0.220 e. The SMILES string of the molecule is C.Cc1cc(-c2ccccc2)cc(-c2c3ccc(C4CC[Si](C)(C)CC4)cc3cc(C)[n+]2C)c1C.Cc1cc(F)c(-c2ccccc2)cc1-c1c2ccc(C3CC[Si](C)(C)CC3)cc2cc(C)[n+]1C.Cc1ccc(-c2ccccc2)cc1-c1c2ccc(C3CC[Si](C)(C)CC3)cc2cc(C)[n+]1C.[2H]c1cc2cc(C3CC[Si](C)(C)CC3)ccc2c(-c2cc(-c3ccccc3)cc(C(C)C)c2C)[n+]1C. The molecule has 0 spiro atoms. The smallest absolute Gasteiger partial charge is 0.206 e. The van der Waals surface area contributed by atoms with Gasteiger partial charge in [-0.1, -0.05) is 316 Å². The summed E-state index contributed by atoms with van der Waals surface area (Å²) in [5.41, 5.74) is 36.6. The standard InChI is InChI=1S/C33H40NSi.C32H38NSi.C31H35FNSi.C31H36NSi.CH4/c1-23(2)31-21-29(25-10-8-7-9-11-25)22-32(24(31)3)33-30-13-12-27(20-28(30)14-17-34(33)4)26-15-18-35(5,6)19-16-26;1-22-18-28(25-10-8-7-9-11-25)21-31(24(22)3)32-30-13-12-27(20-29(30)19-23(2)33(32)4)26-14-16-34(5,6)17-15-26;1-21-17-30(32)29(24-9-7-6-8-10-24)20-28(21)31-27-12-11-25(19-26(27)18-22(2)33(31)3)23-13-15-34(4,5)16-14-23;1-22-11-12-27(24-9-7-6-8-10-24)21-30(22)31-29-14-13-26(20-28(29)19-23(2)32(31)3)25-15-17-33(4,5)18-16-25;/h7-14,17,20-23,26H,15-16,18-19H2,1-6H3;7-13,18-21,26H,14-17H2,1-6H3;6-12,17-20,23H,13-16H2,1-5H3;6-14,19-21,25H,15-18H2,1-5H3;1H4/q4*+1;/i17D;;;;. The van der Waals surface area contributed by atoms with Crippen LogP contribution in [0.15, 0.2) is 279 Å². The number of aryl methyl sites for hydroxylation is 6. The van der Waals surface area contributed by atoms with Crippen molar-refractivity contribution in [3.63, 3.8) is 0 Å². The molecule has 4 aromatic heterocycles. The molecule has 16 aromatic rings. The zero-order valence-electron chi connectivity index (χ0n) is 86.8. The Labute approximate surface area is 827 Å². The maximum atomic E-state index is 15.0. The lowest BCUT2D eigenvalue weighted by atomic mass is 9.86. The molecule has 0 radical (unpaired) electrons. The van der Waals surface area contributed by atoms with E-state index < -0.39 is 32.3 Å². The van der Waals surface area contributed by atoms with Crippen LogP contribution < -0.4 is 18.3 Å². The van der Waals surface area contributed by atoms with Crippen LogP contribution in [0.5, 0.6) is 0 Å². The van der Waals surface area contributed by atoms with Crippen molar-refractivity contribution in [1.29, 1.82) is 0 Å². The minimum absolute atomic E-state index is 0. The van der Waals surface area contributed by atoms with E-state index in [2.05, 4.69) is 385 Å². The summed E-state index contributed by atoms with van der Waals surface area (Å²) >= 11 is 0. The number of pyridine rings is 4. The summed E-state index contributed by atoms with van der Waals surface area (Å²) in [7, 11) is 4.78. The molecule has 0 saturated carbocycles. The summed E-state index contributed by atoms with van der Waals surface area (Å²) in [6, 6.07) is 112. The van der Waals surface area contributed by atoms with E-state index in [1.807, 2.05) is 50.4 Å². The van der Waals surface area contributed by atoms with Crippen LogP contribution in [-0.2, 0) is 28.2 Å². The fourth-order valence-corrected chi connectivity index (χ4v) is 33.1. The van der Waals surface area contributed by atoms with E-state index in [4.69, 9.17) is 1.37 Å². The maximum Gasteiger partial charge on any atom is 0.220 e. The Bertz CT molecular complexity index is 7160. The van der Waals surface area contributed by atoms with Crippen molar-refractivity contribution < 1.29 is 24.0 Å². The Morgan fingerprint density at radius 3 is 0.985 bits per heavy atom. The molecular formula is C128H153FN4Si4+4. The van der Waals surface area contributed by atoms with Crippen molar-refractivity contribution >= 4 is 75.4 Å². The summed E-state index contributed by atoms with van der Waals surface area (Å²) in [5, 5.41) is 10.4. The highest BCUT2D eigenvalue weighted by Gasteiger charge is 2.36. The summed E-state index contributed by atoms with van der Waals surface area (Å²) in [6.07, 6.45) is 11.3. The molecule has 4 saturated heterocycles. The molecule has 0 bridgehead atoms. The van der Waals surface area contributed by atoms with Gasteiger partial charge in [-0.05, 0) is 286 Å². The van der Waals surface area contributed by atoms with Crippen LogP contribution in [-0.4, -0.2) is 32.3 Å². The van der Waals surface area contributed by atoms with Gasteiger partial charge in [-0.2, -0.15) is 13.7 Å². The van der Waals surface area contributed by atoms with Crippen molar-refractivity contribution in [1.82, 2.24) is 0 Å². The van der Waals surface area contributed by atoms with Gasteiger partial charge in [0.25, 0.3) is 0 Å². The number of halogens is 1. The molecule has 0 N–H and O–H groups in total. The molecular weight excluding hydrogens is 1720 g/mol. The average molecular weight is 1880 g/mol. The van der Waals surface area contributed by atoms with Gasteiger partial charge in [0.15, 0.2) is 23.3 Å². The van der Waals surface area contributed by atoms with Crippen molar-refractivity contribution in [3.05, 3.63) is 358 Å². The first kappa shape index (κ1) is 97.7. The molecule has 0 amide bonds. The van der Waals surface area contributed by atoms with Gasteiger partial charge in [0.1, 0.15) is 35.4 Å². The summed E-state index contributed by atoms with van der Waals surface area (Å²) in [6.45, 7) is 42.6. The van der Waals surface area contributed by atoms with Gasteiger partial charge >= 0.3 is 0 Å². The number of hydrogen-bond acceptors (Lipinski definition) is 0. The van der Waals surface area contributed by atoms with Crippen molar-refractivity contribution in [2.75, 3.05) is 0 Å². The predicted molar refractivity (Wildman–Crippen MR) is 599 cm³/mol. The van der Waals surface area contributed by atoms with Crippen LogP contribution in [0.1, 0.15) is 176 Å². The van der Waals surface area contributed by atoms with Gasteiger partial charge in [-0.15, -0.1) is 0 Å². The van der Waals surface area contributed by atoms with Crippen LogP contribution in [0, 0.1) is 61.2 Å². The molecule has 704 valence electrons. The minimum Gasteiger partial charge on any atom is -0.206 e. The predicted octanol–water partition coefficient (Wildman–Crippen LogP) is 34.7. The molecule has 0 unspecified atom stereocenters. The van der Waals surface area contributed by atoms with Gasteiger partial charge in [-0.25, -0.2) is 8.96 Å². The third kappa shape index (κ3) is 21.8. The Hall–Kier alpha value is -10.9. The number of rotatable bonds is 13. The first-order chi connectivity index (χ1) is 65.4. The highest BCUT2D eigenvalue weighted by molar-refractivity contribution is 6.78. The molecule has 12 aromatic carbocycles. The van der Waals surface area contributed by atoms with Crippen LogP contribution >= 0.6 is 0 Å². The number of nitrogens with zero attached hydrogens (tertiary/aromatic N) is 4. The van der Waals surface area contributed by atoms with E-state index in [1.165, 1.54) is 260 Å². The highest BCUT2D eigenvalue weighted by atomic mass is 28.3. The lowest BCUT2D eigenvalue weighted by molar-refractivity contribution is -0.665. The number of hydrogen-bond donors (Lipinski definition) is 0. The molecule has 137 heavy (non-hydrogen) atoms. The number of benzene rings is 12. The second-order valence-corrected chi connectivity index (χ2v) is 66.2. The Kier molecular flexibility index (Phi) is 29.4. The van der Waals surface area contributed by atoms with Gasteiger partial charge < -0.3 is 0 Å². The average Bonchev–Trinajstić information content (AvgIpc) is 0.746. The molecule has 20 rings (SSSR count). The van der Waals surface area contributed by atoms with E-state index in [1.54, 1.807) is 17.2 Å². The summed E-state index contributed by atoms with van der Waals surface area (Å²) < 4.78 is 33.0. The molecule has 8 heterocycles. The van der Waals surface area contributed by atoms with E-state index in [9.17, 15) is 0 Å². The lowest BCUT2D eigenvalue weighted by Gasteiger charge is -2.33. The zero-order chi connectivity index (χ0) is 96.8. The Balaban J connectivity index is 0.000000133. The fourth-order valence-electron chi connectivity index (χ4n) is 23.1. The van der Waals surface area contributed by atoms with Crippen LogP contribution in [0.4, 0.5) is 4.39 Å². The van der Waals surface area contributed by atoms with Crippen LogP contribution in [0.3, 0.4) is 0 Å². The number of fused-ring (bicyclic) bond motifs is 4. The number of aromatic nitrogens is 4. The maximum absolute atomic E-state index is 15.0. The molecule has 0 atom stereocenters. The van der Waals surface area contributed by atoms with Crippen LogP contribution in [0.25, 0.3) is 133 Å². The molecule has 9 heteroatoms. The Morgan fingerprint density at radius 1 is 0.285 bits per heavy atom. The summed E-state index contributed by atoms with van der Waals surface area (Å²) in [5.74, 6) is 3.06. The molecule has 4 fully saturated rings. The molecule has 0 aliphatic carbocycles. The Morgan fingerprint density at radius 2 is 0.606 bits per heavy atom. The first-order valence-electron chi connectivity index (χ1n) is 51.6. The van der Waals surface area contributed by atoms with Gasteiger partial charge in [-0.3, -0.25) is 0 Å². The summed E-state index contributed by atoms with van der Waals surface area (Å²) in [4.78, 5) is 0. The third-order valence-corrected chi connectivity index (χ3v) is 45.9. The second-order valence-electron chi connectivity index (χ2n) is 44.9. The van der Waals surface area contributed by atoms with E-state index in [0.29, 0.717) is 29.5 Å². The van der Waals surface area contributed by atoms with Crippen molar-refractivity contribution in [2.45, 2.75) is 258 Å². The monoisotopic (exact) mass is 1880 g/mol. The van der Waals surface area contributed by atoms with Gasteiger partial charge in [0, 0.05) is 82.9 Å². The van der Waals surface area contributed by atoms with Gasteiger partial charge in [0.2, 0.25) is 22.8 Å². The van der Waals surface area contributed by atoms with Crippen LogP contribution in [0.2, 0.25) is 101 Å². The zero-order valence-corrected chi connectivity index (χ0v) is 89.8. The van der Waals surface area contributed by atoms with E-state index in [0.717, 1.165) is 39.9 Å². The van der Waals surface area contributed by atoms with E-state index >= 15 is 4.39 Å². The topological polar surface area (TPSA) is 15.5 Å². The third-order valence-electron chi connectivity index (χ3n) is 32.7. The molecule has 4 aliphatic heterocycles. The highest BCUT2D eigenvalue weighted by Crippen LogP contribution is 2.48. The fraction of sp³-hybridized carbons (Fsp3) is 0.344.